The zero-order valence-electron chi connectivity index (χ0n) is 11.2. The van der Waals surface area contributed by atoms with E-state index < -0.39 is 10.0 Å². The van der Waals surface area contributed by atoms with E-state index in [-0.39, 0.29) is 11.1 Å². The van der Waals surface area contributed by atoms with Gasteiger partial charge in [-0.15, -0.1) is 0 Å². The third kappa shape index (κ3) is 2.44. The molecule has 0 amide bonds. The second-order valence-corrected chi connectivity index (χ2v) is 7.01. The Morgan fingerprint density at radius 3 is 2.78 bits per heavy atom. The van der Waals surface area contributed by atoms with Gasteiger partial charge in [0.1, 0.15) is 5.82 Å². The molecule has 102 valence electrons. The summed E-state index contributed by atoms with van der Waals surface area (Å²) in [5, 5.41) is 0.223. The number of piperidine rings is 1. The Morgan fingerprint density at radius 1 is 1.44 bits per heavy atom. The summed E-state index contributed by atoms with van der Waals surface area (Å²) in [5.41, 5.74) is 0. The van der Waals surface area contributed by atoms with Crippen LogP contribution in [-0.2, 0) is 16.4 Å². The Kier molecular flexibility index (Phi) is 3.77. The van der Waals surface area contributed by atoms with Gasteiger partial charge in [0.15, 0.2) is 5.03 Å². The van der Waals surface area contributed by atoms with Gasteiger partial charge in [0, 0.05) is 19.0 Å². The van der Waals surface area contributed by atoms with E-state index in [0.29, 0.717) is 24.7 Å². The van der Waals surface area contributed by atoms with Crippen LogP contribution in [0.25, 0.3) is 0 Å². The predicted molar refractivity (Wildman–Crippen MR) is 69.7 cm³/mol. The van der Waals surface area contributed by atoms with Gasteiger partial charge in [-0.2, -0.15) is 4.31 Å². The van der Waals surface area contributed by atoms with E-state index >= 15 is 0 Å². The maximum Gasteiger partial charge on any atom is 0.260 e. The van der Waals surface area contributed by atoms with Crippen LogP contribution in [0.3, 0.4) is 0 Å². The summed E-state index contributed by atoms with van der Waals surface area (Å²) in [6.07, 6.45) is 4.16. The molecule has 2 rings (SSSR count). The van der Waals surface area contributed by atoms with Crippen LogP contribution < -0.4 is 0 Å². The average Bonchev–Trinajstić information content (AvgIpc) is 2.81. The number of nitrogens with one attached hydrogen (secondary N) is 1. The summed E-state index contributed by atoms with van der Waals surface area (Å²) in [6.45, 7) is 6.62. The van der Waals surface area contributed by atoms with Crippen molar-refractivity contribution in [2.45, 2.75) is 51.1 Å². The Hall–Kier alpha value is -0.880. The number of aryl methyl sites for hydroxylation is 1. The van der Waals surface area contributed by atoms with Gasteiger partial charge in [-0.1, -0.05) is 13.8 Å². The standard InChI is InChI=1S/C12H21N3O2S/c1-4-11-13-7-12(14-11)18(16,17)15-8-9(2)5-6-10(15)3/h7,9-10H,4-6,8H2,1-3H3,(H,13,14). The molecule has 2 unspecified atom stereocenters. The van der Waals surface area contributed by atoms with Gasteiger partial charge < -0.3 is 4.98 Å². The molecular weight excluding hydrogens is 250 g/mol. The fraction of sp³-hybridized carbons (Fsp3) is 0.750. The minimum Gasteiger partial charge on any atom is -0.332 e. The number of aromatic amines is 1. The highest BCUT2D eigenvalue weighted by Gasteiger charge is 2.34. The first kappa shape index (κ1) is 13.5. The number of imidazole rings is 1. The van der Waals surface area contributed by atoms with Crippen LogP contribution in [0.1, 0.15) is 39.4 Å². The van der Waals surface area contributed by atoms with Crippen molar-refractivity contribution in [3.05, 3.63) is 12.0 Å². The van der Waals surface area contributed by atoms with Crippen LogP contribution in [0.4, 0.5) is 0 Å². The molecule has 0 bridgehead atoms. The molecule has 1 N–H and O–H groups in total. The van der Waals surface area contributed by atoms with Gasteiger partial charge >= 0.3 is 0 Å². The molecule has 5 nitrogen and oxygen atoms in total. The van der Waals surface area contributed by atoms with Gasteiger partial charge in [0.25, 0.3) is 10.0 Å². The van der Waals surface area contributed by atoms with Gasteiger partial charge in [0.05, 0.1) is 6.20 Å². The third-order valence-corrected chi connectivity index (χ3v) is 5.48. The molecule has 0 saturated carbocycles. The number of aromatic nitrogens is 2. The largest absolute Gasteiger partial charge is 0.332 e. The molecule has 0 aliphatic carbocycles. The van der Waals surface area contributed by atoms with E-state index in [1.165, 1.54) is 6.20 Å². The fourth-order valence-electron chi connectivity index (χ4n) is 2.36. The van der Waals surface area contributed by atoms with E-state index in [9.17, 15) is 8.42 Å². The second kappa shape index (κ2) is 5.01. The van der Waals surface area contributed by atoms with Crippen molar-refractivity contribution in [3.63, 3.8) is 0 Å². The molecule has 0 radical (unpaired) electrons. The summed E-state index contributed by atoms with van der Waals surface area (Å²) in [5.74, 6) is 1.14. The third-order valence-electron chi connectivity index (χ3n) is 3.59. The van der Waals surface area contributed by atoms with Crippen molar-refractivity contribution >= 4 is 10.0 Å². The highest BCUT2D eigenvalue weighted by atomic mass is 32.2. The Morgan fingerprint density at radius 2 is 2.17 bits per heavy atom. The van der Waals surface area contributed by atoms with Gasteiger partial charge in [-0.05, 0) is 25.7 Å². The molecule has 1 aliphatic rings. The maximum atomic E-state index is 12.5. The number of hydrogen-bond donors (Lipinski definition) is 1. The lowest BCUT2D eigenvalue weighted by molar-refractivity contribution is 0.217. The van der Waals surface area contributed by atoms with Gasteiger partial charge in [-0.25, -0.2) is 13.4 Å². The average molecular weight is 271 g/mol. The molecule has 1 aromatic rings. The Bertz CT molecular complexity index is 509. The van der Waals surface area contributed by atoms with Crippen LogP contribution >= 0.6 is 0 Å². The van der Waals surface area contributed by atoms with E-state index in [2.05, 4.69) is 16.9 Å². The van der Waals surface area contributed by atoms with E-state index in [4.69, 9.17) is 0 Å². The molecule has 6 heteroatoms. The molecule has 0 spiro atoms. The van der Waals surface area contributed by atoms with Crippen LogP contribution in [0.2, 0.25) is 0 Å². The molecule has 1 aliphatic heterocycles. The van der Waals surface area contributed by atoms with Crippen molar-refractivity contribution in [2.75, 3.05) is 6.54 Å². The lowest BCUT2D eigenvalue weighted by atomic mass is 9.97. The summed E-state index contributed by atoms with van der Waals surface area (Å²) >= 11 is 0. The summed E-state index contributed by atoms with van der Waals surface area (Å²) in [7, 11) is -3.42. The fourth-order valence-corrected chi connectivity index (χ4v) is 4.08. The molecule has 1 aromatic heterocycles. The number of rotatable bonds is 3. The van der Waals surface area contributed by atoms with Gasteiger partial charge in [-0.3, -0.25) is 0 Å². The molecule has 1 fully saturated rings. The van der Waals surface area contributed by atoms with Crippen LogP contribution in [-0.4, -0.2) is 35.3 Å². The highest BCUT2D eigenvalue weighted by Crippen LogP contribution is 2.27. The van der Waals surface area contributed by atoms with Crippen molar-refractivity contribution in [1.29, 1.82) is 0 Å². The first-order valence-electron chi connectivity index (χ1n) is 6.51. The zero-order valence-corrected chi connectivity index (χ0v) is 12.0. The smallest absolute Gasteiger partial charge is 0.260 e. The minimum absolute atomic E-state index is 0.0691. The van der Waals surface area contributed by atoms with Crippen molar-refractivity contribution < 1.29 is 8.42 Å². The molecule has 2 heterocycles. The first-order chi connectivity index (χ1) is 8.45. The molecule has 0 aromatic carbocycles. The second-order valence-electron chi connectivity index (χ2n) is 5.15. The summed E-state index contributed by atoms with van der Waals surface area (Å²) in [6, 6.07) is 0.0691. The van der Waals surface area contributed by atoms with Crippen LogP contribution in [0, 0.1) is 5.92 Å². The Labute approximate surface area is 109 Å². The molecular formula is C12H21N3O2S. The number of H-pyrrole nitrogens is 1. The highest BCUT2D eigenvalue weighted by molar-refractivity contribution is 7.89. The number of hydrogen-bond acceptors (Lipinski definition) is 3. The predicted octanol–water partition coefficient (Wildman–Crippen LogP) is 1.78. The van der Waals surface area contributed by atoms with E-state index in [0.717, 1.165) is 12.8 Å². The van der Waals surface area contributed by atoms with Crippen LogP contribution in [0.15, 0.2) is 11.2 Å². The van der Waals surface area contributed by atoms with Gasteiger partial charge in [0.2, 0.25) is 0 Å². The normalized spacial score (nSPS) is 26.4. The van der Waals surface area contributed by atoms with E-state index in [1.807, 2.05) is 13.8 Å². The maximum absolute atomic E-state index is 12.5. The SMILES string of the molecule is CCc1ncc(S(=O)(=O)N2CC(C)CCC2C)[nH]1. The topological polar surface area (TPSA) is 66.1 Å². The van der Waals surface area contributed by atoms with Crippen molar-refractivity contribution in [3.8, 4) is 0 Å². The summed E-state index contributed by atoms with van der Waals surface area (Å²) < 4.78 is 26.7. The number of sulfonamides is 1. The molecule has 18 heavy (non-hydrogen) atoms. The van der Waals surface area contributed by atoms with Crippen molar-refractivity contribution in [2.24, 2.45) is 5.92 Å². The zero-order chi connectivity index (χ0) is 13.3. The quantitative estimate of drug-likeness (QED) is 0.911. The molecule has 2 atom stereocenters. The number of nitrogens with zero attached hydrogens (tertiary/aromatic N) is 2. The van der Waals surface area contributed by atoms with E-state index in [1.54, 1.807) is 4.31 Å². The van der Waals surface area contributed by atoms with Crippen molar-refractivity contribution in [1.82, 2.24) is 14.3 Å². The molecule has 1 saturated heterocycles. The first-order valence-corrected chi connectivity index (χ1v) is 7.95. The minimum atomic E-state index is -3.42. The monoisotopic (exact) mass is 271 g/mol. The Balaban J connectivity index is 2.29. The lowest BCUT2D eigenvalue weighted by Crippen LogP contribution is -2.44. The summed E-state index contributed by atoms with van der Waals surface area (Å²) in [4.78, 5) is 6.97. The lowest BCUT2D eigenvalue weighted by Gasteiger charge is -2.35. The van der Waals surface area contributed by atoms with Crippen LogP contribution in [0.5, 0.6) is 0 Å².